The molecule has 4 rings (SSSR count). The maximum Gasteiger partial charge on any atom is 0.339 e. The van der Waals surface area contributed by atoms with E-state index in [2.05, 4.69) is 11.9 Å². The summed E-state index contributed by atoms with van der Waals surface area (Å²) >= 11 is 0. The van der Waals surface area contributed by atoms with Crippen molar-refractivity contribution in [2.75, 3.05) is 14.2 Å². The summed E-state index contributed by atoms with van der Waals surface area (Å²) in [5.41, 5.74) is 1.85. The summed E-state index contributed by atoms with van der Waals surface area (Å²) in [6, 6.07) is 9.94. The maximum absolute atomic E-state index is 12.5. The van der Waals surface area contributed by atoms with Gasteiger partial charge in [-0.15, -0.1) is 0 Å². The summed E-state index contributed by atoms with van der Waals surface area (Å²) < 4.78 is 9.96. The van der Waals surface area contributed by atoms with Gasteiger partial charge in [-0.3, -0.25) is 0 Å². The van der Waals surface area contributed by atoms with Crippen molar-refractivity contribution in [1.29, 1.82) is 0 Å². The topological polar surface area (TPSA) is 52.6 Å². The maximum atomic E-state index is 12.5. The summed E-state index contributed by atoms with van der Waals surface area (Å²) in [5.74, 6) is 1.18. The number of hydrogen-bond acceptors (Lipinski definition) is 4. The Bertz CT molecular complexity index is 804. The van der Waals surface area contributed by atoms with E-state index in [1.54, 1.807) is 0 Å². The number of carbonyl (C=O) groups excluding carboxylic acids is 2. The largest absolute Gasteiger partial charge is 0.466 e. The molecule has 2 bridgehead atoms. The number of hydrogen-bond donors (Lipinski definition) is 0. The van der Waals surface area contributed by atoms with Crippen molar-refractivity contribution >= 4 is 25.2 Å². The van der Waals surface area contributed by atoms with Crippen molar-refractivity contribution in [3.63, 3.8) is 0 Å². The fourth-order valence-electron chi connectivity index (χ4n) is 3.21. The Morgan fingerprint density at radius 3 is 2.25 bits per heavy atom. The Labute approximate surface area is 142 Å². The van der Waals surface area contributed by atoms with Crippen LogP contribution >= 0.6 is 7.92 Å². The van der Waals surface area contributed by atoms with E-state index in [0.717, 1.165) is 16.5 Å². The monoisotopic (exact) mass is 342 g/mol. The minimum absolute atomic E-state index is 0.405. The lowest BCUT2D eigenvalue weighted by molar-refractivity contribution is -0.139. The number of rotatable bonds is 3. The van der Waals surface area contributed by atoms with E-state index in [4.69, 9.17) is 9.47 Å². The lowest BCUT2D eigenvalue weighted by atomic mass is 9.74. The standard InChI is InChI=1S/C19H19O4P/c1-12-11-24-14(13-8-6-5-7-9-13)10-19(12,2)15(17(20)22-3)16(24)18(21)23-4/h5-11H,1-4H3. The molecule has 3 aliphatic heterocycles. The van der Waals surface area contributed by atoms with E-state index in [1.807, 2.05) is 44.2 Å². The van der Waals surface area contributed by atoms with Crippen molar-refractivity contribution < 1.29 is 19.1 Å². The van der Waals surface area contributed by atoms with Crippen molar-refractivity contribution in [1.82, 2.24) is 0 Å². The van der Waals surface area contributed by atoms with Gasteiger partial charge in [-0.25, -0.2) is 9.59 Å². The molecule has 5 heteroatoms. The molecule has 0 amide bonds. The summed E-state index contributed by atoms with van der Waals surface area (Å²) in [6.45, 7) is 3.94. The second-order valence-corrected chi connectivity index (χ2v) is 7.91. The first-order valence-corrected chi connectivity index (χ1v) is 9.03. The van der Waals surface area contributed by atoms with Gasteiger partial charge in [0.15, 0.2) is 0 Å². The lowest BCUT2D eigenvalue weighted by Crippen LogP contribution is -2.33. The Kier molecular flexibility index (Phi) is 4.18. The zero-order valence-corrected chi connectivity index (χ0v) is 15.0. The van der Waals surface area contributed by atoms with Crippen LogP contribution in [0.25, 0.3) is 5.31 Å². The average Bonchev–Trinajstić information content (AvgIpc) is 2.61. The van der Waals surface area contributed by atoms with Crippen LogP contribution in [0, 0.1) is 5.41 Å². The van der Waals surface area contributed by atoms with Gasteiger partial charge in [0, 0.05) is 5.41 Å². The number of carbonyl (C=O) groups is 2. The number of ether oxygens (including phenoxy) is 2. The van der Waals surface area contributed by atoms with E-state index in [1.165, 1.54) is 14.2 Å². The molecule has 0 spiro atoms. The van der Waals surface area contributed by atoms with Gasteiger partial charge < -0.3 is 9.47 Å². The Hall–Kier alpha value is -2.19. The molecule has 0 saturated carbocycles. The van der Waals surface area contributed by atoms with Crippen LogP contribution in [0.4, 0.5) is 0 Å². The zero-order chi connectivity index (χ0) is 17.5. The molecule has 0 N–H and O–H groups in total. The molecular formula is C19H19O4P. The molecule has 3 heterocycles. The van der Waals surface area contributed by atoms with Crippen molar-refractivity contribution in [2.45, 2.75) is 13.8 Å². The highest BCUT2D eigenvalue weighted by Gasteiger charge is 2.49. The van der Waals surface area contributed by atoms with E-state index in [9.17, 15) is 9.59 Å². The molecule has 2 unspecified atom stereocenters. The molecule has 0 aliphatic carbocycles. The SMILES string of the molecule is COC(=O)C1=C(C(=O)OC)C2(C)C=C(c3ccccc3)P1C=C2C. The van der Waals surface area contributed by atoms with E-state index in [0.29, 0.717) is 10.9 Å². The molecule has 2 atom stereocenters. The van der Waals surface area contributed by atoms with E-state index >= 15 is 0 Å². The molecule has 0 saturated heterocycles. The normalized spacial score (nSPS) is 25.1. The molecule has 24 heavy (non-hydrogen) atoms. The van der Waals surface area contributed by atoms with E-state index < -0.39 is 25.3 Å². The van der Waals surface area contributed by atoms with Gasteiger partial charge >= 0.3 is 11.9 Å². The smallest absolute Gasteiger partial charge is 0.339 e. The molecule has 124 valence electrons. The van der Waals surface area contributed by atoms with Crippen LogP contribution < -0.4 is 0 Å². The van der Waals surface area contributed by atoms with Crippen LogP contribution in [0.15, 0.2) is 58.7 Å². The molecule has 1 aromatic rings. The van der Waals surface area contributed by atoms with Gasteiger partial charge in [-0.2, -0.15) is 0 Å². The van der Waals surface area contributed by atoms with Gasteiger partial charge in [0.25, 0.3) is 0 Å². The number of methoxy groups -OCH3 is 2. The minimum Gasteiger partial charge on any atom is -0.466 e. The molecule has 1 aromatic carbocycles. The highest BCUT2D eigenvalue weighted by molar-refractivity contribution is 7.76. The van der Waals surface area contributed by atoms with E-state index in [-0.39, 0.29) is 0 Å². The molecule has 3 aliphatic rings. The quantitative estimate of drug-likeness (QED) is 0.614. The molecular weight excluding hydrogens is 323 g/mol. The van der Waals surface area contributed by atoms with Gasteiger partial charge in [0.05, 0.1) is 25.1 Å². The van der Waals surface area contributed by atoms with Crippen LogP contribution in [0.5, 0.6) is 0 Å². The first-order valence-electron chi connectivity index (χ1n) is 7.62. The van der Waals surface area contributed by atoms with Gasteiger partial charge in [0.1, 0.15) is 0 Å². The van der Waals surface area contributed by atoms with Crippen LogP contribution in [-0.2, 0) is 19.1 Å². The summed E-state index contributed by atoms with van der Waals surface area (Å²) in [7, 11) is 1.58. The molecule has 0 radical (unpaired) electrons. The third-order valence-corrected chi connectivity index (χ3v) is 7.10. The second kappa shape index (κ2) is 6.03. The van der Waals surface area contributed by atoms with Crippen molar-refractivity contribution in [3.05, 3.63) is 64.2 Å². The van der Waals surface area contributed by atoms with Crippen molar-refractivity contribution in [3.8, 4) is 0 Å². The van der Waals surface area contributed by atoms with Crippen LogP contribution in [0.2, 0.25) is 0 Å². The summed E-state index contributed by atoms with van der Waals surface area (Å²) in [5, 5.41) is 1.51. The van der Waals surface area contributed by atoms with Gasteiger partial charge in [-0.1, -0.05) is 47.8 Å². The minimum atomic E-state index is -1.10. The Morgan fingerprint density at radius 2 is 1.67 bits per heavy atom. The molecule has 0 fully saturated rings. The third kappa shape index (κ3) is 2.33. The van der Waals surface area contributed by atoms with Crippen LogP contribution in [0.3, 0.4) is 0 Å². The Morgan fingerprint density at radius 1 is 1.04 bits per heavy atom. The molecule has 4 nitrogen and oxygen atoms in total. The number of allylic oxidation sites excluding steroid dienone is 2. The van der Waals surface area contributed by atoms with Gasteiger partial charge in [0.2, 0.25) is 0 Å². The number of benzene rings is 1. The highest BCUT2D eigenvalue weighted by Crippen LogP contribution is 2.70. The lowest BCUT2D eigenvalue weighted by Gasteiger charge is -2.43. The number of esters is 2. The Balaban J connectivity index is 2.24. The summed E-state index contributed by atoms with van der Waals surface area (Å²) in [4.78, 5) is 24.9. The highest BCUT2D eigenvalue weighted by atomic mass is 31.1. The van der Waals surface area contributed by atoms with Crippen LogP contribution in [0.1, 0.15) is 19.4 Å². The molecule has 0 aromatic heterocycles. The predicted molar refractivity (Wildman–Crippen MR) is 94.3 cm³/mol. The fraction of sp³-hybridized carbons (Fsp3) is 0.263. The fourth-order valence-corrected chi connectivity index (χ4v) is 6.06. The average molecular weight is 342 g/mol. The third-order valence-electron chi connectivity index (χ3n) is 4.66. The van der Waals surface area contributed by atoms with Crippen molar-refractivity contribution in [2.24, 2.45) is 5.41 Å². The van der Waals surface area contributed by atoms with Gasteiger partial charge in [-0.05, 0) is 32.6 Å². The first-order chi connectivity index (χ1) is 11.4. The zero-order valence-electron chi connectivity index (χ0n) is 14.1. The predicted octanol–water partition coefficient (Wildman–Crippen LogP) is 4.05. The second-order valence-electron chi connectivity index (χ2n) is 5.99. The first kappa shape index (κ1) is 16.7. The van der Waals surface area contributed by atoms with Crippen LogP contribution in [-0.4, -0.2) is 26.2 Å². The summed E-state index contributed by atoms with van der Waals surface area (Å²) in [6.07, 6.45) is 2.10.